The second-order valence-corrected chi connectivity index (χ2v) is 4.61. The molecule has 84 valence electrons. The Balaban J connectivity index is 2.39. The molecule has 0 bridgehead atoms. The Hall–Kier alpha value is -1.35. The zero-order chi connectivity index (χ0) is 11.3. The van der Waals surface area contributed by atoms with E-state index in [1.54, 1.807) is 12.1 Å². The van der Waals surface area contributed by atoms with Crippen LogP contribution in [0.2, 0.25) is 0 Å². The van der Waals surface area contributed by atoms with E-state index in [2.05, 4.69) is 16.8 Å². The summed E-state index contributed by atoms with van der Waals surface area (Å²) in [4.78, 5) is 0. The lowest BCUT2D eigenvalue weighted by atomic mass is 9.95. The number of aryl methyl sites for hydroxylation is 1. The van der Waals surface area contributed by atoms with Gasteiger partial charge in [-0.15, -0.1) is 0 Å². The lowest BCUT2D eigenvalue weighted by molar-refractivity contribution is 0.553. The fourth-order valence-corrected chi connectivity index (χ4v) is 2.76. The first kappa shape index (κ1) is 9.85. The van der Waals surface area contributed by atoms with Gasteiger partial charge in [-0.3, -0.25) is 0 Å². The van der Waals surface area contributed by atoms with E-state index in [1.807, 2.05) is 13.1 Å². The van der Waals surface area contributed by atoms with Crippen LogP contribution < -0.4 is 5.32 Å². The molecule has 1 aromatic carbocycles. The smallest absolute Gasteiger partial charge is 0.125 e. The Morgan fingerprint density at radius 2 is 2.25 bits per heavy atom. The van der Waals surface area contributed by atoms with Gasteiger partial charge in [0.05, 0.1) is 5.52 Å². The number of aromatic nitrogens is 1. The normalized spacial score (nSPS) is 20.1. The summed E-state index contributed by atoms with van der Waals surface area (Å²) in [6.45, 7) is 4.10. The highest BCUT2D eigenvalue weighted by Gasteiger charge is 2.23. The van der Waals surface area contributed by atoms with E-state index in [0.717, 1.165) is 18.6 Å². The molecule has 1 unspecified atom stereocenters. The highest BCUT2D eigenvalue weighted by molar-refractivity contribution is 5.86. The number of halogens is 1. The number of nitrogens with one attached hydrogen (secondary N) is 1. The van der Waals surface area contributed by atoms with Crippen molar-refractivity contribution in [3.8, 4) is 0 Å². The first-order valence-electron chi connectivity index (χ1n) is 5.66. The van der Waals surface area contributed by atoms with E-state index in [4.69, 9.17) is 0 Å². The average molecular weight is 218 g/mol. The van der Waals surface area contributed by atoms with Gasteiger partial charge in [-0.2, -0.15) is 0 Å². The molecule has 1 atom stereocenters. The van der Waals surface area contributed by atoms with E-state index in [1.165, 1.54) is 16.6 Å². The predicted molar refractivity (Wildman–Crippen MR) is 63.0 cm³/mol. The van der Waals surface area contributed by atoms with E-state index in [9.17, 15) is 4.39 Å². The molecule has 0 saturated carbocycles. The second-order valence-electron chi connectivity index (χ2n) is 4.61. The number of benzene rings is 1. The highest BCUT2D eigenvalue weighted by atomic mass is 19.1. The fraction of sp³-hybridized carbons (Fsp3) is 0.385. The lowest BCUT2D eigenvalue weighted by Crippen LogP contribution is -2.27. The third-order valence-electron chi connectivity index (χ3n) is 3.56. The molecular formula is C13H15FN2. The highest BCUT2D eigenvalue weighted by Crippen LogP contribution is 2.33. The van der Waals surface area contributed by atoms with Crippen LogP contribution in [0.5, 0.6) is 0 Å². The molecule has 2 nitrogen and oxygen atoms in total. The van der Waals surface area contributed by atoms with Gasteiger partial charge in [0.25, 0.3) is 0 Å². The van der Waals surface area contributed by atoms with Crippen molar-refractivity contribution in [2.24, 2.45) is 7.05 Å². The number of nitrogens with zero attached hydrogens (tertiary/aromatic N) is 1. The molecule has 3 rings (SSSR count). The van der Waals surface area contributed by atoms with Gasteiger partial charge in [0, 0.05) is 31.2 Å². The molecule has 0 radical (unpaired) electrons. The molecule has 0 fully saturated rings. The summed E-state index contributed by atoms with van der Waals surface area (Å²) in [5, 5.41) is 4.59. The van der Waals surface area contributed by atoms with Gasteiger partial charge >= 0.3 is 0 Å². The van der Waals surface area contributed by atoms with Crippen molar-refractivity contribution in [2.45, 2.75) is 19.4 Å². The largest absolute Gasteiger partial charge is 0.346 e. The Morgan fingerprint density at radius 1 is 1.44 bits per heavy atom. The molecule has 1 aliphatic rings. The molecule has 16 heavy (non-hydrogen) atoms. The van der Waals surface area contributed by atoms with Crippen LogP contribution in [0.1, 0.15) is 24.1 Å². The Bertz CT molecular complexity index is 557. The van der Waals surface area contributed by atoms with E-state index in [-0.39, 0.29) is 5.82 Å². The van der Waals surface area contributed by atoms with Gasteiger partial charge in [0.15, 0.2) is 0 Å². The van der Waals surface area contributed by atoms with E-state index >= 15 is 0 Å². The molecule has 2 aromatic rings. The van der Waals surface area contributed by atoms with Crippen molar-refractivity contribution in [2.75, 3.05) is 6.54 Å². The lowest BCUT2D eigenvalue weighted by Gasteiger charge is -2.21. The predicted octanol–water partition coefficient (Wildman–Crippen LogP) is 2.52. The number of fused-ring (bicyclic) bond motifs is 3. The van der Waals surface area contributed by atoms with Gasteiger partial charge in [0.1, 0.15) is 5.82 Å². The first-order valence-corrected chi connectivity index (χ1v) is 5.66. The number of hydrogen-bond donors (Lipinski definition) is 1. The number of hydrogen-bond acceptors (Lipinski definition) is 1. The zero-order valence-electron chi connectivity index (χ0n) is 9.55. The average Bonchev–Trinajstić information content (AvgIpc) is 2.55. The Labute approximate surface area is 94.1 Å². The Kier molecular flexibility index (Phi) is 2.04. The van der Waals surface area contributed by atoms with Crippen molar-refractivity contribution in [3.05, 3.63) is 35.3 Å². The van der Waals surface area contributed by atoms with Gasteiger partial charge in [-0.25, -0.2) is 4.39 Å². The van der Waals surface area contributed by atoms with Gasteiger partial charge in [-0.05, 0) is 29.7 Å². The van der Waals surface area contributed by atoms with Crippen LogP contribution in [0.15, 0.2) is 18.2 Å². The van der Waals surface area contributed by atoms with Crippen molar-refractivity contribution < 1.29 is 4.39 Å². The van der Waals surface area contributed by atoms with Crippen LogP contribution in [0.25, 0.3) is 10.9 Å². The third kappa shape index (κ3) is 1.21. The van der Waals surface area contributed by atoms with Crippen molar-refractivity contribution in [1.29, 1.82) is 0 Å². The Morgan fingerprint density at radius 3 is 3.06 bits per heavy atom. The van der Waals surface area contributed by atoms with Crippen LogP contribution in [-0.4, -0.2) is 11.1 Å². The number of rotatable bonds is 0. The van der Waals surface area contributed by atoms with Gasteiger partial charge < -0.3 is 9.88 Å². The van der Waals surface area contributed by atoms with Crippen molar-refractivity contribution in [3.63, 3.8) is 0 Å². The maximum Gasteiger partial charge on any atom is 0.125 e. The molecule has 0 amide bonds. The van der Waals surface area contributed by atoms with Gasteiger partial charge in [-0.1, -0.05) is 6.92 Å². The summed E-state index contributed by atoms with van der Waals surface area (Å²) < 4.78 is 15.4. The molecule has 1 aliphatic heterocycles. The molecule has 2 heterocycles. The topological polar surface area (TPSA) is 17.0 Å². The molecular weight excluding hydrogens is 203 g/mol. The van der Waals surface area contributed by atoms with E-state index < -0.39 is 0 Å². The van der Waals surface area contributed by atoms with Crippen LogP contribution in [0.4, 0.5) is 4.39 Å². The molecule has 3 heteroatoms. The maximum absolute atomic E-state index is 13.2. The minimum atomic E-state index is -0.161. The maximum atomic E-state index is 13.2. The molecule has 1 aromatic heterocycles. The fourth-order valence-electron chi connectivity index (χ4n) is 2.76. The summed E-state index contributed by atoms with van der Waals surface area (Å²) in [6, 6.07) is 5.09. The minimum Gasteiger partial charge on any atom is -0.346 e. The van der Waals surface area contributed by atoms with E-state index in [0.29, 0.717) is 5.92 Å². The zero-order valence-corrected chi connectivity index (χ0v) is 9.55. The van der Waals surface area contributed by atoms with Crippen LogP contribution >= 0.6 is 0 Å². The summed E-state index contributed by atoms with van der Waals surface area (Å²) in [5.41, 5.74) is 3.68. The summed E-state index contributed by atoms with van der Waals surface area (Å²) in [7, 11) is 2.01. The monoisotopic (exact) mass is 218 g/mol. The quantitative estimate of drug-likeness (QED) is 0.719. The summed E-state index contributed by atoms with van der Waals surface area (Å²) in [6.07, 6.45) is 0. The molecule has 0 spiro atoms. The molecule has 0 aliphatic carbocycles. The van der Waals surface area contributed by atoms with Crippen LogP contribution in [-0.2, 0) is 13.6 Å². The second kappa shape index (κ2) is 3.32. The first-order chi connectivity index (χ1) is 7.68. The minimum absolute atomic E-state index is 0.161. The molecule has 1 N–H and O–H groups in total. The van der Waals surface area contributed by atoms with Crippen molar-refractivity contribution in [1.82, 2.24) is 9.88 Å². The molecule has 0 saturated heterocycles. The van der Waals surface area contributed by atoms with Crippen LogP contribution in [0, 0.1) is 5.82 Å². The van der Waals surface area contributed by atoms with Crippen LogP contribution in [0.3, 0.4) is 0 Å². The third-order valence-corrected chi connectivity index (χ3v) is 3.56. The van der Waals surface area contributed by atoms with Crippen molar-refractivity contribution >= 4 is 10.9 Å². The SMILES string of the molecule is CC1CNCc2c1c1ccc(F)cc1n2C. The standard InChI is InChI=1S/C13H15FN2/c1-8-6-15-7-12-13(8)10-4-3-9(14)5-11(10)16(12)2/h3-5,8,15H,6-7H2,1-2H3. The summed E-state index contributed by atoms with van der Waals surface area (Å²) in [5.74, 6) is 0.337. The summed E-state index contributed by atoms with van der Waals surface area (Å²) >= 11 is 0. The van der Waals surface area contributed by atoms with Gasteiger partial charge in [0.2, 0.25) is 0 Å².